The van der Waals surface area contributed by atoms with Crippen LogP contribution in [0.3, 0.4) is 0 Å². The third-order valence-electron chi connectivity index (χ3n) is 3.10. The van der Waals surface area contributed by atoms with E-state index in [9.17, 15) is 0 Å². The SMILES string of the molecule is CNC1(CN)Cc2ccccc2C1. The molecule has 0 aromatic heterocycles. The summed E-state index contributed by atoms with van der Waals surface area (Å²) >= 11 is 0. The lowest BCUT2D eigenvalue weighted by Crippen LogP contribution is -2.50. The normalized spacial score (nSPS) is 18.6. The number of nitrogens with two attached hydrogens (primary N) is 1. The molecule has 1 aromatic carbocycles. The van der Waals surface area contributed by atoms with Gasteiger partial charge in [-0.05, 0) is 31.0 Å². The molecule has 0 spiro atoms. The molecule has 0 fully saturated rings. The van der Waals surface area contributed by atoms with Crippen LogP contribution in [-0.4, -0.2) is 19.1 Å². The molecule has 0 atom stereocenters. The Balaban J connectivity index is 2.30. The Bertz CT molecular complexity index is 276. The molecule has 0 saturated heterocycles. The summed E-state index contributed by atoms with van der Waals surface area (Å²) in [4.78, 5) is 0. The van der Waals surface area contributed by atoms with Gasteiger partial charge in [0.15, 0.2) is 0 Å². The van der Waals surface area contributed by atoms with Crippen LogP contribution >= 0.6 is 0 Å². The van der Waals surface area contributed by atoms with Crippen LogP contribution in [0.1, 0.15) is 11.1 Å². The molecular formula is C11H16N2. The van der Waals surface area contributed by atoms with Crippen LogP contribution in [0.25, 0.3) is 0 Å². The van der Waals surface area contributed by atoms with Crippen LogP contribution in [0.15, 0.2) is 24.3 Å². The number of nitrogens with one attached hydrogen (secondary N) is 1. The average molecular weight is 176 g/mol. The van der Waals surface area contributed by atoms with Crippen molar-refractivity contribution in [1.82, 2.24) is 5.32 Å². The van der Waals surface area contributed by atoms with Crippen molar-refractivity contribution in [2.45, 2.75) is 18.4 Å². The highest BCUT2D eigenvalue weighted by atomic mass is 15.0. The van der Waals surface area contributed by atoms with Crippen LogP contribution in [0.2, 0.25) is 0 Å². The van der Waals surface area contributed by atoms with E-state index in [-0.39, 0.29) is 5.54 Å². The summed E-state index contributed by atoms with van der Waals surface area (Å²) in [5, 5.41) is 3.35. The molecule has 0 heterocycles. The van der Waals surface area contributed by atoms with E-state index in [1.165, 1.54) is 11.1 Å². The van der Waals surface area contributed by atoms with Crippen LogP contribution in [0.5, 0.6) is 0 Å². The summed E-state index contributed by atoms with van der Waals surface area (Å²) in [5.41, 5.74) is 8.80. The standard InChI is InChI=1S/C11H16N2/c1-13-11(8-12)6-9-4-2-3-5-10(9)7-11/h2-5,13H,6-8,12H2,1H3. The minimum Gasteiger partial charge on any atom is -0.329 e. The van der Waals surface area contributed by atoms with Gasteiger partial charge >= 0.3 is 0 Å². The quantitative estimate of drug-likeness (QED) is 0.696. The maximum atomic E-state index is 5.80. The van der Waals surface area contributed by atoms with E-state index in [4.69, 9.17) is 5.73 Å². The monoisotopic (exact) mass is 176 g/mol. The Morgan fingerprint density at radius 1 is 1.31 bits per heavy atom. The zero-order valence-electron chi connectivity index (χ0n) is 8.01. The lowest BCUT2D eigenvalue weighted by atomic mass is 9.96. The molecule has 1 aliphatic carbocycles. The summed E-state index contributed by atoms with van der Waals surface area (Å²) in [5.74, 6) is 0. The molecule has 0 unspecified atom stereocenters. The Morgan fingerprint density at radius 3 is 2.23 bits per heavy atom. The highest BCUT2D eigenvalue weighted by Gasteiger charge is 2.33. The van der Waals surface area contributed by atoms with E-state index < -0.39 is 0 Å². The van der Waals surface area contributed by atoms with E-state index in [1.54, 1.807) is 0 Å². The van der Waals surface area contributed by atoms with Gasteiger partial charge in [-0.15, -0.1) is 0 Å². The van der Waals surface area contributed by atoms with Crippen LogP contribution < -0.4 is 11.1 Å². The lowest BCUT2D eigenvalue weighted by molar-refractivity contribution is 0.378. The average Bonchev–Trinajstić information content (AvgIpc) is 2.57. The molecule has 0 bridgehead atoms. The van der Waals surface area contributed by atoms with Crippen LogP contribution in [-0.2, 0) is 12.8 Å². The smallest absolute Gasteiger partial charge is 0.0382 e. The maximum Gasteiger partial charge on any atom is 0.0382 e. The van der Waals surface area contributed by atoms with Crippen molar-refractivity contribution in [2.24, 2.45) is 5.73 Å². The van der Waals surface area contributed by atoms with E-state index >= 15 is 0 Å². The summed E-state index contributed by atoms with van der Waals surface area (Å²) in [7, 11) is 2.00. The minimum absolute atomic E-state index is 0.115. The first-order chi connectivity index (χ1) is 6.29. The molecular weight excluding hydrogens is 160 g/mol. The van der Waals surface area contributed by atoms with Crippen molar-refractivity contribution in [3.05, 3.63) is 35.4 Å². The molecule has 1 aromatic rings. The summed E-state index contributed by atoms with van der Waals surface area (Å²) < 4.78 is 0. The zero-order chi connectivity index (χ0) is 9.31. The first-order valence-electron chi connectivity index (χ1n) is 4.75. The van der Waals surface area contributed by atoms with Crippen molar-refractivity contribution in [3.8, 4) is 0 Å². The molecule has 2 heteroatoms. The van der Waals surface area contributed by atoms with Gasteiger partial charge in [-0.3, -0.25) is 0 Å². The van der Waals surface area contributed by atoms with Crippen molar-refractivity contribution < 1.29 is 0 Å². The summed E-state index contributed by atoms with van der Waals surface area (Å²) in [6.45, 7) is 0.707. The number of likely N-dealkylation sites (N-methyl/N-ethyl adjacent to an activating group) is 1. The van der Waals surface area contributed by atoms with E-state index in [1.807, 2.05) is 7.05 Å². The molecule has 0 amide bonds. The maximum absolute atomic E-state index is 5.80. The molecule has 13 heavy (non-hydrogen) atoms. The van der Waals surface area contributed by atoms with Crippen molar-refractivity contribution >= 4 is 0 Å². The second kappa shape index (κ2) is 3.13. The predicted molar refractivity (Wildman–Crippen MR) is 54.7 cm³/mol. The first kappa shape index (κ1) is 8.73. The highest BCUT2D eigenvalue weighted by Crippen LogP contribution is 2.28. The molecule has 1 aliphatic rings. The number of rotatable bonds is 2. The topological polar surface area (TPSA) is 38.0 Å². The van der Waals surface area contributed by atoms with Crippen LogP contribution in [0.4, 0.5) is 0 Å². The Morgan fingerprint density at radius 2 is 1.85 bits per heavy atom. The van der Waals surface area contributed by atoms with Gasteiger partial charge in [0.05, 0.1) is 0 Å². The molecule has 0 saturated carbocycles. The van der Waals surface area contributed by atoms with Crippen LogP contribution in [0, 0.1) is 0 Å². The second-order valence-electron chi connectivity index (χ2n) is 3.86. The first-order valence-corrected chi connectivity index (χ1v) is 4.75. The molecule has 3 N–H and O–H groups in total. The Hall–Kier alpha value is -0.860. The molecule has 0 aliphatic heterocycles. The fraction of sp³-hybridized carbons (Fsp3) is 0.455. The van der Waals surface area contributed by atoms with Gasteiger partial charge in [-0.2, -0.15) is 0 Å². The third-order valence-corrected chi connectivity index (χ3v) is 3.10. The van der Waals surface area contributed by atoms with Crippen molar-refractivity contribution in [1.29, 1.82) is 0 Å². The number of fused-ring (bicyclic) bond motifs is 1. The molecule has 70 valence electrons. The zero-order valence-corrected chi connectivity index (χ0v) is 8.01. The second-order valence-corrected chi connectivity index (χ2v) is 3.86. The molecule has 0 radical (unpaired) electrons. The largest absolute Gasteiger partial charge is 0.329 e. The lowest BCUT2D eigenvalue weighted by Gasteiger charge is -2.26. The Kier molecular flexibility index (Phi) is 2.10. The number of benzene rings is 1. The Labute approximate surface area is 79.1 Å². The molecule has 2 rings (SSSR count). The summed E-state index contributed by atoms with van der Waals surface area (Å²) in [6, 6.07) is 8.59. The molecule has 2 nitrogen and oxygen atoms in total. The highest BCUT2D eigenvalue weighted by molar-refractivity contribution is 5.36. The number of hydrogen-bond donors (Lipinski definition) is 2. The van der Waals surface area contributed by atoms with E-state index in [0.29, 0.717) is 6.54 Å². The van der Waals surface area contributed by atoms with Gasteiger partial charge in [-0.1, -0.05) is 24.3 Å². The third kappa shape index (κ3) is 1.36. The van der Waals surface area contributed by atoms with Gasteiger partial charge in [0.25, 0.3) is 0 Å². The summed E-state index contributed by atoms with van der Waals surface area (Å²) in [6.07, 6.45) is 2.13. The van der Waals surface area contributed by atoms with Gasteiger partial charge in [-0.25, -0.2) is 0 Å². The van der Waals surface area contributed by atoms with Gasteiger partial charge < -0.3 is 11.1 Å². The van der Waals surface area contributed by atoms with E-state index in [0.717, 1.165) is 12.8 Å². The predicted octanol–water partition coefficient (Wildman–Crippen LogP) is 0.702. The van der Waals surface area contributed by atoms with Crippen molar-refractivity contribution in [3.63, 3.8) is 0 Å². The fourth-order valence-electron chi connectivity index (χ4n) is 2.12. The van der Waals surface area contributed by atoms with Gasteiger partial charge in [0.1, 0.15) is 0 Å². The van der Waals surface area contributed by atoms with Gasteiger partial charge in [0.2, 0.25) is 0 Å². The minimum atomic E-state index is 0.115. The van der Waals surface area contributed by atoms with E-state index in [2.05, 4.69) is 29.6 Å². The fourth-order valence-corrected chi connectivity index (χ4v) is 2.12. The van der Waals surface area contributed by atoms with Crippen molar-refractivity contribution in [2.75, 3.05) is 13.6 Å². The number of hydrogen-bond acceptors (Lipinski definition) is 2. The van der Waals surface area contributed by atoms with Gasteiger partial charge in [0, 0.05) is 12.1 Å².